The molecule has 0 saturated carbocycles. The van der Waals surface area contributed by atoms with Gasteiger partial charge in [-0.3, -0.25) is 4.79 Å². The maximum atomic E-state index is 12.2. The molecule has 5 nitrogen and oxygen atoms in total. The molecule has 0 unspecified atom stereocenters. The fourth-order valence-corrected chi connectivity index (χ4v) is 3.71. The van der Waals surface area contributed by atoms with Gasteiger partial charge in [-0.25, -0.2) is 0 Å². The molecule has 1 amide bonds. The first-order chi connectivity index (χ1) is 11.1. The number of hydrogen-bond acceptors (Lipinski definition) is 5. The second-order valence-corrected chi connectivity index (χ2v) is 7.13. The van der Waals surface area contributed by atoms with Crippen LogP contribution < -0.4 is 5.32 Å². The number of carbonyl (C=O) groups is 1. The lowest BCUT2D eigenvalue weighted by molar-refractivity contribution is -0.121. The minimum absolute atomic E-state index is 0.0287. The Morgan fingerprint density at radius 3 is 3.04 bits per heavy atom. The predicted molar refractivity (Wildman–Crippen MR) is 89.4 cm³/mol. The third-order valence-corrected chi connectivity index (χ3v) is 4.98. The lowest BCUT2D eigenvalue weighted by atomic mass is 10.0. The predicted octanol–water partition coefficient (Wildman–Crippen LogP) is 3.48. The summed E-state index contributed by atoms with van der Waals surface area (Å²) in [5.74, 6) is 2.52. The Morgan fingerprint density at radius 1 is 1.43 bits per heavy atom. The van der Waals surface area contributed by atoms with E-state index >= 15 is 0 Å². The second kappa shape index (κ2) is 7.17. The van der Waals surface area contributed by atoms with Crippen molar-refractivity contribution in [1.82, 2.24) is 15.5 Å². The number of carbonyl (C=O) groups excluding carboxylic acids is 1. The number of fused-ring (bicyclic) bond motifs is 1. The summed E-state index contributed by atoms with van der Waals surface area (Å²) in [7, 11) is 0. The number of nitrogens with one attached hydrogen (secondary N) is 1. The van der Waals surface area contributed by atoms with E-state index in [4.69, 9.17) is 4.52 Å². The van der Waals surface area contributed by atoms with Gasteiger partial charge in [0, 0.05) is 29.4 Å². The van der Waals surface area contributed by atoms with Crippen molar-refractivity contribution in [1.29, 1.82) is 0 Å². The molecule has 0 saturated heterocycles. The number of aryl methyl sites for hydroxylation is 1. The zero-order chi connectivity index (χ0) is 16.2. The zero-order valence-electron chi connectivity index (χ0n) is 13.4. The molecule has 2 aromatic rings. The maximum absolute atomic E-state index is 12.2. The summed E-state index contributed by atoms with van der Waals surface area (Å²) in [6, 6.07) is 8.38. The third-order valence-electron chi connectivity index (χ3n) is 3.86. The van der Waals surface area contributed by atoms with Crippen LogP contribution in [0.2, 0.25) is 0 Å². The van der Waals surface area contributed by atoms with Gasteiger partial charge >= 0.3 is 0 Å². The highest BCUT2D eigenvalue weighted by atomic mass is 32.2. The molecule has 1 aliphatic rings. The fraction of sp³-hybridized carbons (Fsp3) is 0.471. The van der Waals surface area contributed by atoms with E-state index in [0.717, 1.165) is 12.2 Å². The Bertz CT molecular complexity index is 684. The van der Waals surface area contributed by atoms with Crippen molar-refractivity contribution < 1.29 is 9.32 Å². The topological polar surface area (TPSA) is 68.0 Å². The molecule has 1 N–H and O–H groups in total. The molecule has 0 radical (unpaired) electrons. The molecule has 0 spiro atoms. The average Bonchev–Trinajstić information content (AvgIpc) is 3.03. The normalized spacial score (nSPS) is 17.1. The minimum atomic E-state index is 0.0287. The van der Waals surface area contributed by atoms with Crippen LogP contribution in [0.1, 0.15) is 55.9 Å². The summed E-state index contributed by atoms with van der Waals surface area (Å²) in [4.78, 5) is 17.8. The molecule has 0 aliphatic carbocycles. The van der Waals surface area contributed by atoms with E-state index in [1.165, 1.54) is 10.5 Å². The molecule has 2 heterocycles. The smallest absolute Gasteiger partial charge is 0.227 e. The zero-order valence-corrected chi connectivity index (χ0v) is 14.2. The van der Waals surface area contributed by atoms with Gasteiger partial charge in [-0.1, -0.05) is 37.2 Å². The lowest BCUT2D eigenvalue weighted by Crippen LogP contribution is -2.30. The van der Waals surface area contributed by atoms with Crippen LogP contribution >= 0.6 is 11.8 Å². The SMILES string of the molecule is CC(C)c1noc(CCC(=O)N[C@@H]2CCSc3ccccc32)n1. The van der Waals surface area contributed by atoms with E-state index in [1.807, 2.05) is 37.7 Å². The Morgan fingerprint density at radius 2 is 2.26 bits per heavy atom. The fourth-order valence-electron chi connectivity index (χ4n) is 2.58. The molecule has 1 atom stereocenters. The molecule has 122 valence electrons. The standard InChI is InChI=1S/C17H21N3O2S/c1-11(2)17-19-16(22-20-17)8-7-15(21)18-13-9-10-23-14-6-4-3-5-12(13)14/h3-6,11,13H,7-10H2,1-2H3,(H,18,21)/t13-/m1/s1. The number of nitrogens with zero attached hydrogens (tertiary/aromatic N) is 2. The largest absolute Gasteiger partial charge is 0.349 e. The molecule has 1 aliphatic heterocycles. The average molecular weight is 331 g/mol. The summed E-state index contributed by atoms with van der Waals surface area (Å²) in [5, 5.41) is 7.05. The Labute approximate surface area is 140 Å². The summed E-state index contributed by atoms with van der Waals surface area (Å²) in [5.41, 5.74) is 1.22. The van der Waals surface area contributed by atoms with Crippen molar-refractivity contribution in [3.05, 3.63) is 41.5 Å². The minimum Gasteiger partial charge on any atom is -0.349 e. The van der Waals surface area contributed by atoms with Crippen LogP contribution in [0, 0.1) is 0 Å². The number of amides is 1. The van der Waals surface area contributed by atoms with Crippen LogP contribution in [0.5, 0.6) is 0 Å². The van der Waals surface area contributed by atoms with Crippen LogP contribution in [-0.4, -0.2) is 21.8 Å². The molecule has 6 heteroatoms. The van der Waals surface area contributed by atoms with Crippen LogP contribution in [0.25, 0.3) is 0 Å². The summed E-state index contributed by atoms with van der Waals surface area (Å²) >= 11 is 1.85. The number of rotatable bonds is 5. The Hall–Kier alpha value is -1.82. The van der Waals surface area contributed by atoms with Crippen LogP contribution in [0.4, 0.5) is 0 Å². The highest BCUT2D eigenvalue weighted by Crippen LogP contribution is 2.35. The van der Waals surface area contributed by atoms with E-state index in [2.05, 4.69) is 27.6 Å². The number of benzene rings is 1. The van der Waals surface area contributed by atoms with Gasteiger partial charge in [0.25, 0.3) is 0 Å². The van der Waals surface area contributed by atoms with Crippen molar-refractivity contribution in [2.75, 3.05) is 5.75 Å². The molecule has 23 heavy (non-hydrogen) atoms. The van der Waals surface area contributed by atoms with Crippen molar-refractivity contribution in [3.63, 3.8) is 0 Å². The van der Waals surface area contributed by atoms with Crippen molar-refractivity contribution in [2.24, 2.45) is 0 Å². The van der Waals surface area contributed by atoms with Crippen LogP contribution in [-0.2, 0) is 11.2 Å². The highest BCUT2D eigenvalue weighted by molar-refractivity contribution is 7.99. The van der Waals surface area contributed by atoms with Gasteiger partial charge in [0.05, 0.1) is 6.04 Å². The first kappa shape index (κ1) is 16.1. The van der Waals surface area contributed by atoms with Gasteiger partial charge < -0.3 is 9.84 Å². The van der Waals surface area contributed by atoms with E-state index in [1.54, 1.807) is 0 Å². The molecule has 1 aromatic heterocycles. The molecule has 0 fully saturated rings. The van der Waals surface area contributed by atoms with Crippen LogP contribution in [0.3, 0.4) is 0 Å². The van der Waals surface area contributed by atoms with Crippen molar-refractivity contribution >= 4 is 17.7 Å². The number of aromatic nitrogens is 2. The quantitative estimate of drug-likeness (QED) is 0.908. The molecular formula is C17H21N3O2S. The first-order valence-electron chi connectivity index (χ1n) is 7.97. The van der Waals surface area contributed by atoms with Gasteiger partial charge in [0.1, 0.15) is 0 Å². The second-order valence-electron chi connectivity index (χ2n) is 6.00. The summed E-state index contributed by atoms with van der Waals surface area (Å²) in [6.45, 7) is 4.03. The maximum Gasteiger partial charge on any atom is 0.227 e. The molecule has 3 rings (SSSR count). The van der Waals surface area contributed by atoms with E-state index in [-0.39, 0.29) is 17.9 Å². The van der Waals surface area contributed by atoms with E-state index in [9.17, 15) is 4.79 Å². The molecule has 1 aromatic carbocycles. The Balaban J connectivity index is 1.55. The van der Waals surface area contributed by atoms with Gasteiger partial charge in [-0.2, -0.15) is 4.98 Å². The number of thioether (sulfide) groups is 1. The summed E-state index contributed by atoms with van der Waals surface area (Å²) < 4.78 is 5.18. The Kier molecular flexibility index (Phi) is 5.00. The van der Waals surface area contributed by atoms with Gasteiger partial charge in [-0.05, 0) is 18.1 Å². The third kappa shape index (κ3) is 3.93. The van der Waals surface area contributed by atoms with Crippen molar-refractivity contribution in [3.8, 4) is 0 Å². The van der Waals surface area contributed by atoms with E-state index < -0.39 is 0 Å². The van der Waals surface area contributed by atoms with Crippen LogP contribution in [0.15, 0.2) is 33.7 Å². The molecule has 0 bridgehead atoms. The monoisotopic (exact) mass is 331 g/mol. The van der Waals surface area contributed by atoms with E-state index in [0.29, 0.717) is 24.6 Å². The van der Waals surface area contributed by atoms with Gasteiger partial charge in [-0.15, -0.1) is 11.8 Å². The first-order valence-corrected chi connectivity index (χ1v) is 8.95. The van der Waals surface area contributed by atoms with Gasteiger partial charge in [0.15, 0.2) is 5.82 Å². The highest BCUT2D eigenvalue weighted by Gasteiger charge is 2.22. The van der Waals surface area contributed by atoms with Gasteiger partial charge in [0.2, 0.25) is 11.8 Å². The van der Waals surface area contributed by atoms with Crippen molar-refractivity contribution in [2.45, 2.75) is 50.0 Å². The molecular weight excluding hydrogens is 310 g/mol. The lowest BCUT2D eigenvalue weighted by Gasteiger charge is -2.25. The summed E-state index contributed by atoms with van der Waals surface area (Å²) in [6.07, 6.45) is 1.81. The number of hydrogen-bond donors (Lipinski definition) is 1.